The van der Waals surface area contributed by atoms with E-state index in [2.05, 4.69) is 67.4 Å². The maximum atomic E-state index is 4.60. The van der Waals surface area contributed by atoms with Gasteiger partial charge in [0.15, 0.2) is 0 Å². The van der Waals surface area contributed by atoms with Gasteiger partial charge in [0.2, 0.25) is 4.80 Å². The first-order chi connectivity index (χ1) is 9.58. The first-order valence-electron chi connectivity index (χ1n) is 6.88. The summed E-state index contributed by atoms with van der Waals surface area (Å²) in [7, 11) is 0. The summed E-state index contributed by atoms with van der Waals surface area (Å²) in [6.07, 6.45) is 1.98. The average Bonchev–Trinajstić information content (AvgIpc) is 2.77. The molecule has 20 heavy (non-hydrogen) atoms. The van der Waals surface area contributed by atoms with Gasteiger partial charge >= 0.3 is 0 Å². The minimum Gasteiger partial charge on any atom is -0.255 e. The third kappa shape index (κ3) is 3.67. The van der Waals surface area contributed by atoms with Crippen LogP contribution in [0.5, 0.6) is 0 Å². The summed E-state index contributed by atoms with van der Waals surface area (Å²) in [5, 5.41) is 6.69. The number of rotatable bonds is 4. The molecule has 0 aliphatic carbocycles. The van der Waals surface area contributed by atoms with E-state index in [-0.39, 0.29) is 12.0 Å². The maximum Gasteiger partial charge on any atom is 0.206 e. The fourth-order valence-corrected chi connectivity index (χ4v) is 2.78. The zero-order chi connectivity index (χ0) is 14.5. The topological polar surface area (TPSA) is 29.6 Å². The van der Waals surface area contributed by atoms with Gasteiger partial charge in [-0.05, 0) is 26.3 Å². The van der Waals surface area contributed by atoms with Crippen LogP contribution in [0.15, 0.2) is 45.8 Å². The van der Waals surface area contributed by atoms with Gasteiger partial charge in [0.25, 0.3) is 0 Å². The molecule has 1 unspecified atom stereocenters. The van der Waals surface area contributed by atoms with Gasteiger partial charge in [-0.2, -0.15) is 5.10 Å². The van der Waals surface area contributed by atoms with Crippen molar-refractivity contribution in [1.29, 1.82) is 0 Å². The van der Waals surface area contributed by atoms with Crippen molar-refractivity contribution < 1.29 is 0 Å². The SMILES string of the molecule is Cc1csc(=NC(C)C)n1/N=C\C(C)c1ccccc1. The van der Waals surface area contributed by atoms with Crippen molar-refractivity contribution in [1.82, 2.24) is 4.68 Å². The summed E-state index contributed by atoms with van der Waals surface area (Å²) in [6, 6.07) is 10.7. The molecule has 1 aromatic carbocycles. The first-order valence-corrected chi connectivity index (χ1v) is 7.76. The fourth-order valence-electron chi connectivity index (χ4n) is 1.84. The highest BCUT2D eigenvalue weighted by Crippen LogP contribution is 2.12. The zero-order valence-corrected chi connectivity index (χ0v) is 13.3. The van der Waals surface area contributed by atoms with E-state index in [0.29, 0.717) is 0 Å². The van der Waals surface area contributed by atoms with Crippen molar-refractivity contribution in [2.75, 3.05) is 0 Å². The van der Waals surface area contributed by atoms with E-state index < -0.39 is 0 Å². The van der Waals surface area contributed by atoms with E-state index in [1.54, 1.807) is 11.3 Å². The molecular weight excluding hydrogens is 266 g/mol. The van der Waals surface area contributed by atoms with Gasteiger partial charge < -0.3 is 0 Å². The Balaban J connectivity index is 2.26. The minimum absolute atomic E-state index is 0.279. The Kier molecular flexibility index (Phi) is 4.90. The van der Waals surface area contributed by atoms with Crippen LogP contribution in [0.2, 0.25) is 0 Å². The van der Waals surface area contributed by atoms with Crippen molar-refractivity contribution >= 4 is 17.6 Å². The Bertz CT molecular complexity index is 635. The van der Waals surface area contributed by atoms with Crippen LogP contribution in [-0.2, 0) is 0 Å². The largest absolute Gasteiger partial charge is 0.255 e. The highest BCUT2D eigenvalue weighted by molar-refractivity contribution is 7.07. The molecule has 0 amide bonds. The third-order valence-electron chi connectivity index (χ3n) is 2.95. The molecule has 0 bridgehead atoms. The summed E-state index contributed by atoms with van der Waals surface area (Å²) in [5.74, 6) is 0.287. The highest BCUT2D eigenvalue weighted by Gasteiger charge is 2.03. The number of benzene rings is 1. The molecule has 1 aromatic heterocycles. The summed E-state index contributed by atoms with van der Waals surface area (Å²) >= 11 is 1.63. The Morgan fingerprint density at radius 2 is 1.85 bits per heavy atom. The molecule has 3 nitrogen and oxygen atoms in total. The van der Waals surface area contributed by atoms with E-state index in [4.69, 9.17) is 0 Å². The smallest absolute Gasteiger partial charge is 0.206 e. The molecule has 106 valence electrons. The molecule has 0 radical (unpaired) electrons. The first kappa shape index (κ1) is 14.7. The summed E-state index contributed by atoms with van der Waals surface area (Å²) < 4.78 is 1.92. The Morgan fingerprint density at radius 1 is 1.15 bits per heavy atom. The zero-order valence-electron chi connectivity index (χ0n) is 12.4. The minimum atomic E-state index is 0.279. The second-order valence-corrected chi connectivity index (χ2v) is 5.99. The lowest BCUT2D eigenvalue weighted by Gasteiger charge is -2.06. The Hall–Kier alpha value is -1.68. The predicted molar refractivity (Wildman–Crippen MR) is 86.5 cm³/mol. The van der Waals surface area contributed by atoms with Crippen molar-refractivity contribution in [3.63, 3.8) is 0 Å². The molecule has 1 heterocycles. The van der Waals surface area contributed by atoms with Gasteiger partial charge in [0.05, 0.1) is 5.69 Å². The van der Waals surface area contributed by atoms with Crippen LogP contribution in [0.3, 0.4) is 0 Å². The van der Waals surface area contributed by atoms with Crippen molar-refractivity contribution in [2.24, 2.45) is 10.1 Å². The van der Waals surface area contributed by atoms with Crippen molar-refractivity contribution in [2.45, 2.75) is 39.7 Å². The molecule has 0 aliphatic heterocycles. The third-order valence-corrected chi connectivity index (χ3v) is 3.90. The van der Waals surface area contributed by atoms with Crippen LogP contribution in [-0.4, -0.2) is 16.9 Å². The number of aromatic nitrogens is 1. The van der Waals surface area contributed by atoms with Gasteiger partial charge in [0.1, 0.15) is 0 Å². The van der Waals surface area contributed by atoms with Gasteiger partial charge in [-0.15, -0.1) is 11.3 Å². The number of thiazole rings is 1. The normalized spacial score (nSPS) is 14.3. The number of hydrogen-bond donors (Lipinski definition) is 0. The van der Waals surface area contributed by atoms with Crippen LogP contribution in [0.25, 0.3) is 0 Å². The average molecular weight is 287 g/mol. The Morgan fingerprint density at radius 3 is 2.50 bits per heavy atom. The Labute approximate surface area is 124 Å². The van der Waals surface area contributed by atoms with Crippen LogP contribution >= 0.6 is 11.3 Å². The molecule has 1 atom stereocenters. The lowest BCUT2D eigenvalue weighted by Crippen LogP contribution is -2.15. The van der Waals surface area contributed by atoms with Crippen LogP contribution < -0.4 is 4.80 Å². The lowest BCUT2D eigenvalue weighted by atomic mass is 10.0. The van der Waals surface area contributed by atoms with E-state index in [0.717, 1.165) is 10.5 Å². The fraction of sp³-hybridized carbons (Fsp3) is 0.375. The van der Waals surface area contributed by atoms with E-state index in [9.17, 15) is 0 Å². The molecule has 2 rings (SSSR count). The molecule has 0 fully saturated rings. The van der Waals surface area contributed by atoms with E-state index in [1.165, 1.54) is 5.56 Å². The van der Waals surface area contributed by atoms with Crippen LogP contribution in [0.4, 0.5) is 0 Å². The van der Waals surface area contributed by atoms with Crippen LogP contribution in [0.1, 0.15) is 37.9 Å². The van der Waals surface area contributed by atoms with Gasteiger partial charge in [-0.3, -0.25) is 4.99 Å². The summed E-state index contributed by atoms with van der Waals surface area (Å²) in [5.41, 5.74) is 2.39. The molecule has 0 aliphatic rings. The quantitative estimate of drug-likeness (QED) is 0.766. The second-order valence-electron chi connectivity index (χ2n) is 5.16. The second kappa shape index (κ2) is 6.66. The molecule has 0 N–H and O–H groups in total. The van der Waals surface area contributed by atoms with Crippen molar-refractivity contribution in [3.05, 3.63) is 51.8 Å². The standard InChI is InChI=1S/C16H21N3S/c1-12(2)18-16-19(14(4)11-20-16)17-10-13(3)15-8-6-5-7-9-15/h5-13H,1-4H3/b17-10-,18-16?. The number of hydrogen-bond acceptors (Lipinski definition) is 3. The summed E-state index contributed by atoms with van der Waals surface area (Å²) in [4.78, 5) is 5.55. The van der Waals surface area contributed by atoms with Crippen molar-refractivity contribution in [3.8, 4) is 0 Å². The lowest BCUT2D eigenvalue weighted by molar-refractivity contribution is 0.734. The molecule has 0 spiro atoms. The highest BCUT2D eigenvalue weighted by atomic mass is 32.1. The van der Waals surface area contributed by atoms with Gasteiger partial charge in [0, 0.05) is 23.6 Å². The number of nitrogens with zero attached hydrogens (tertiary/aromatic N) is 3. The molecule has 4 heteroatoms. The van der Waals surface area contributed by atoms with Crippen LogP contribution in [0, 0.1) is 6.92 Å². The van der Waals surface area contributed by atoms with Gasteiger partial charge in [-0.1, -0.05) is 37.3 Å². The maximum absolute atomic E-state index is 4.60. The molecule has 0 saturated heterocycles. The summed E-state index contributed by atoms with van der Waals surface area (Å²) in [6.45, 7) is 8.37. The van der Waals surface area contributed by atoms with E-state index >= 15 is 0 Å². The number of aryl methyl sites for hydroxylation is 1. The molecule has 2 aromatic rings. The molecule has 0 saturated carbocycles. The van der Waals surface area contributed by atoms with Gasteiger partial charge in [-0.25, -0.2) is 4.68 Å². The monoisotopic (exact) mass is 287 g/mol. The predicted octanol–water partition coefficient (Wildman–Crippen LogP) is 3.80. The molecular formula is C16H21N3S. The van der Waals surface area contributed by atoms with E-state index in [1.807, 2.05) is 17.0 Å².